The van der Waals surface area contributed by atoms with E-state index in [0.29, 0.717) is 12.1 Å². The Hall–Kier alpha value is -3.07. The molecule has 0 aliphatic carbocycles. The number of carbonyl (C=O) groups is 1. The zero-order valence-electron chi connectivity index (χ0n) is 16.4. The molecular formula is C23H19N3O3S2. The summed E-state index contributed by atoms with van der Waals surface area (Å²) >= 11 is 1.15. The van der Waals surface area contributed by atoms with Gasteiger partial charge < -0.3 is 5.32 Å². The first-order chi connectivity index (χ1) is 15.0. The molecule has 1 atom stereocenters. The standard InChI is InChI=1S/C23H19N3O3S2/c27-23(25-20-10-3-9-19-18(20)8-4-12-24-19)21-14-16-6-1-2-7-17(16)15-26(21)31(28,29)22-11-5-13-30-22/h1-13,21H,14-15H2,(H,25,27)/t21-/m0/s1. The summed E-state index contributed by atoms with van der Waals surface area (Å²) in [5.41, 5.74) is 3.28. The normalized spacial score (nSPS) is 16.7. The Morgan fingerprint density at radius 1 is 1.00 bits per heavy atom. The molecule has 4 aromatic rings. The number of pyridine rings is 1. The highest BCUT2D eigenvalue weighted by Gasteiger charge is 2.40. The SMILES string of the molecule is O=C(Nc1cccc2ncccc12)[C@@H]1Cc2ccccc2CN1S(=O)(=O)c1cccs1. The van der Waals surface area contributed by atoms with Gasteiger partial charge in [-0.1, -0.05) is 36.4 Å². The molecule has 2 aromatic heterocycles. The zero-order valence-corrected chi connectivity index (χ0v) is 18.1. The van der Waals surface area contributed by atoms with E-state index in [-0.39, 0.29) is 16.7 Å². The fraction of sp³-hybridized carbons (Fsp3) is 0.130. The van der Waals surface area contributed by atoms with Gasteiger partial charge in [0.25, 0.3) is 10.0 Å². The predicted molar refractivity (Wildman–Crippen MR) is 121 cm³/mol. The fourth-order valence-corrected chi connectivity index (χ4v) is 6.61. The number of nitrogens with one attached hydrogen (secondary N) is 1. The third-order valence-corrected chi connectivity index (χ3v) is 8.70. The van der Waals surface area contributed by atoms with Crippen LogP contribution in [0, 0.1) is 0 Å². The average molecular weight is 450 g/mol. The maximum atomic E-state index is 13.4. The highest BCUT2D eigenvalue weighted by Crippen LogP contribution is 2.32. The Kier molecular flexibility index (Phi) is 5.05. The van der Waals surface area contributed by atoms with Crippen LogP contribution in [0.4, 0.5) is 5.69 Å². The molecule has 0 fully saturated rings. The van der Waals surface area contributed by atoms with E-state index in [9.17, 15) is 13.2 Å². The van der Waals surface area contributed by atoms with Crippen molar-refractivity contribution in [3.63, 3.8) is 0 Å². The molecule has 6 nitrogen and oxygen atoms in total. The number of sulfonamides is 1. The number of aromatic nitrogens is 1. The van der Waals surface area contributed by atoms with Gasteiger partial charge in [0.1, 0.15) is 10.3 Å². The number of fused-ring (bicyclic) bond motifs is 2. The number of benzene rings is 2. The van der Waals surface area contributed by atoms with Crippen LogP contribution in [-0.4, -0.2) is 29.7 Å². The second-order valence-corrected chi connectivity index (χ2v) is 10.4. The smallest absolute Gasteiger partial charge is 0.253 e. The lowest BCUT2D eigenvalue weighted by molar-refractivity contribution is -0.120. The van der Waals surface area contributed by atoms with Gasteiger partial charge in [0, 0.05) is 18.1 Å². The van der Waals surface area contributed by atoms with E-state index in [2.05, 4.69) is 10.3 Å². The number of rotatable bonds is 4. The maximum absolute atomic E-state index is 13.4. The average Bonchev–Trinajstić information content (AvgIpc) is 3.34. The number of hydrogen-bond acceptors (Lipinski definition) is 5. The second-order valence-electron chi connectivity index (χ2n) is 7.34. The molecule has 0 radical (unpaired) electrons. The summed E-state index contributed by atoms with van der Waals surface area (Å²) in [7, 11) is -3.81. The van der Waals surface area contributed by atoms with Crippen molar-refractivity contribution in [3.05, 3.63) is 89.4 Å². The number of nitrogens with zero attached hydrogens (tertiary/aromatic N) is 2. The van der Waals surface area contributed by atoms with Crippen molar-refractivity contribution in [2.45, 2.75) is 23.2 Å². The summed E-state index contributed by atoms with van der Waals surface area (Å²) in [5, 5.41) is 5.48. The third-order valence-electron chi connectivity index (χ3n) is 5.47. The van der Waals surface area contributed by atoms with Crippen LogP contribution in [0.3, 0.4) is 0 Å². The Labute approximate surface area is 184 Å². The molecular weight excluding hydrogens is 430 g/mol. The Morgan fingerprint density at radius 3 is 2.65 bits per heavy atom. The minimum Gasteiger partial charge on any atom is -0.324 e. The van der Waals surface area contributed by atoms with Crippen molar-refractivity contribution in [1.82, 2.24) is 9.29 Å². The zero-order chi connectivity index (χ0) is 21.4. The van der Waals surface area contributed by atoms with E-state index in [1.165, 1.54) is 4.31 Å². The van der Waals surface area contributed by atoms with Crippen LogP contribution in [0.5, 0.6) is 0 Å². The summed E-state index contributed by atoms with van der Waals surface area (Å²) < 4.78 is 28.3. The van der Waals surface area contributed by atoms with Crippen LogP contribution in [0.25, 0.3) is 10.9 Å². The fourth-order valence-electron chi connectivity index (χ4n) is 3.93. The largest absolute Gasteiger partial charge is 0.324 e. The Balaban J connectivity index is 1.53. The van der Waals surface area contributed by atoms with E-state index in [1.807, 2.05) is 48.5 Å². The summed E-state index contributed by atoms with van der Waals surface area (Å²) in [6.07, 6.45) is 2.01. The Bertz CT molecular complexity index is 1360. The van der Waals surface area contributed by atoms with Gasteiger partial charge in [0.2, 0.25) is 5.91 Å². The lowest BCUT2D eigenvalue weighted by Gasteiger charge is -2.34. The molecule has 3 heterocycles. The summed E-state index contributed by atoms with van der Waals surface area (Å²) in [6.45, 7) is 0.158. The van der Waals surface area contributed by atoms with Crippen LogP contribution < -0.4 is 5.32 Å². The molecule has 1 N–H and O–H groups in total. The molecule has 0 unspecified atom stereocenters. The van der Waals surface area contributed by atoms with E-state index in [1.54, 1.807) is 29.8 Å². The van der Waals surface area contributed by atoms with Gasteiger partial charge in [-0.2, -0.15) is 4.31 Å². The molecule has 0 spiro atoms. The first kappa shape index (κ1) is 19.9. The molecule has 5 rings (SSSR count). The lowest BCUT2D eigenvalue weighted by atomic mass is 9.95. The number of carbonyl (C=O) groups excluding carboxylic acids is 1. The summed E-state index contributed by atoms with van der Waals surface area (Å²) in [6, 6.07) is 19.3. The molecule has 31 heavy (non-hydrogen) atoms. The second kappa shape index (κ2) is 7.88. The van der Waals surface area contributed by atoms with E-state index < -0.39 is 16.1 Å². The van der Waals surface area contributed by atoms with Gasteiger partial charge in [-0.15, -0.1) is 11.3 Å². The molecule has 1 amide bonds. The van der Waals surface area contributed by atoms with Crippen LogP contribution >= 0.6 is 11.3 Å². The number of hydrogen-bond donors (Lipinski definition) is 1. The summed E-state index contributed by atoms with van der Waals surface area (Å²) in [5.74, 6) is -0.356. The van der Waals surface area contributed by atoms with Crippen molar-refractivity contribution >= 4 is 43.9 Å². The first-order valence-corrected chi connectivity index (χ1v) is 12.1. The highest BCUT2D eigenvalue weighted by molar-refractivity contribution is 7.91. The van der Waals surface area contributed by atoms with Crippen molar-refractivity contribution in [1.29, 1.82) is 0 Å². The molecule has 156 valence electrons. The van der Waals surface area contributed by atoms with Crippen LogP contribution in [0.1, 0.15) is 11.1 Å². The topological polar surface area (TPSA) is 79.4 Å². The molecule has 1 aliphatic rings. The molecule has 0 saturated carbocycles. The van der Waals surface area contributed by atoms with E-state index in [4.69, 9.17) is 0 Å². The van der Waals surface area contributed by atoms with Crippen molar-refractivity contribution < 1.29 is 13.2 Å². The van der Waals surface area contributed by atoms with Crippen molar-refractivity contribution in [2.24, 2.45) is 0 Å². The molecule has 1 aliphatic heterocycles. The van der Waals surface area contributed by atoms with Gasteiger partial charge in [-0.25, -0.2) is 8.42 Å². The summed E-state index contributed by atoms with van der Waals surface area (Å²) in [4.78, 5) is 17.7. The maximum Gasteiger partial charge on any atom is 0.253 e. The number of thiophene rings is 1. The van der Waals surface area contributed by atoms with Crippen LogP contribution in [0.2, 0.25) is 0 Å². The van der Waals surface area contributed by atoms with E-state index in [0.717, 1.165) is 33.4 Å². The highest BCUT2D eigenvalue weighted by atomic mass is 32.2. The van der Waals surface area contributed by atoms with Crippen LogP contribution in [0.15, 0.2) is 82.5 Å². The molecule has 2 aromatic carbocycles. The first-order valence-electron chi connectivity index (χ1n) is 9.81. The Morgan fingerprint density at radius 2 is 1.84 bits per heavy atom. The molecule has 8 heteroatoms. The van der Waals surface area contributed by atoms with Gasteiger partial charge in [0.15, 0.2) is 0 Å². The minimum atomic E-state index is -3.81. The van der Waals surface area contributed by atoms with Gasteiger partial charge >= 0.3 is 0 Å². The quantitative estimate of drug-likeness (QED) is 0.510. The van der Waals surface area contributed by atoms with Crippen molar-refractivity contribution in [2.75, 3.05) is 5.32 Å². The van der Waals surface area contributed by atoms with Gasteiger partial charge in [-0.05, 0) is 53.3 Å². The predicted octanol–water partition coefficient (Wildman–Crippen LogP) is 4.05. The number of amides is 1. The third kappa shape index (κ3) is 3.63. The number of anilines is 1. The lowest BCUT2D eigenvalue weighted by Crippen LogP contribution is -2.50. The van der Waals surface area contributed by atoms with Crippen molar-refractivity contribution in [3.8, 4) is 0 Å². The van der Waals surface area contributed by atoms with Gasteiger partial charge in [0.05, 0.1) is 11.2 Å². The minimum absolute atomic E-state index is 0.158. The van der Waals surface area contributed by atoms with E-state index >= 15 is 0 Å². The molecule has 0 saturated heterocycles. The van der Waals surface area contributed by atoms with Gasteiger partial charge in [-0.3, -0.25) is 9.78 Å². The van der Waals surface area contributed by atoms with Crippen LogP contribution in [-0.2, 0) is 27.8 Å². The molecule has 0 bridgehead atoms. The monoisotopic (exact) mass is 449 g/mol.